The van der Waals surface area contributed by atoms with E-state index in [0.29, 0.717) is 35.6 Å². The van der Waals surface area contributed by atoms with E-state index in [1.54, 1.807) is 4.68 Å². The second kappa shape index (κ2) is 10.6. The van der Waals surface area contributed by atoms with E-state index in [1.165, 1.54) is 37.6 Å². The van der Waals surface area contributed by atoms with Gasteiger partial charge in [0.05, 0.1) is 12.2 Å². The summed E-state index contributed by atoms with van der Waals surface area (Å²) in [7, 11) is 0. The first-order chi connectivity index (χ1) is 18.4. The van der Waals surface area contributed by atoms with E-state index in [-0.39, 0.29) is 11.4 Å². The number of fused-ring (bicyclic) bond motifs is 6. The van der Waals surface area contributed by atoms with Crippen LogP contribution in [0.2, 0.25) is 0 Å². The van der Waals surface area contributed by atoms with Crippen molar-refractivity contribution in [3.8, 4) is 11.7 Å². The molecule has 0 aromatic carbocycles. The number of aromatic nitrogens is 5. The molecule has 3 aromatic heterocycles. The zero-order valence-corrected chi connectivity index (χ0v) is 23.1. The molecule has 4 bridgehead atoms. The van der Waals surface area contributed by atoms with Gasteiger partial charge in [-0.05, 0) is 69.6 Å². The molecule has 0 radical (unpaired) electrons. The number of hydrogen-bond acceptors (Lipinski definition) is 7. The number of carbonyl (C=O) groups excluding carboxylic acids is 1. The molecule has 1 saturated carbocycles. The Kier molecular flexibility index (Phi) is 7.07. The summed E-state index contributed by atoms with van der Waals surface area (Å²) in [6.45, 7) is 6.95. The van der Waals surface area contributed by atoms with E-state index in [4.69, 9.17) is 9.72 Å². The van der Waals surface area contributed by atoms with Crippen molar-refractivity contribution in [2.45, 2.75) is 82.3 Å². The van der Waals surface area contributed by atoms with Crippen LogP contribution in [-0.2, 0) is 6.54 Å². The lowest BCUT2D eigenvalue weighted by Crippen LogP contribution is -2.40. The third-order valence-electron chi connectivity index (χ3n) is 8.23. The van der Waals surface area contributed by atoms with E-state index < -0.39 is 0 Å². The van der Waals surface area contributed by atoms with Gasteiger partial charge < -0.3 is 9.64 Å². The molecule has 1 N–H and O–H groups in total. The second-order valence-corrected chi connectivity index (χ2v) is 12.3. The molecule has 0 spiro atoms. The van der Waals surface area contributed by atoms with Crippen LogP contribution >= 0.6 is 11.9 Å². The van der Waals surface area contributed by atoms with Gasteiger partial charge in [-0.1, -0.05) is 25.7 Å². The van der Waals surface area contributed by atoms with Gasteiger partial charge in [-0.2, -0.15) is 5.10 Å². The van der Waals surface area contributed by atoms with Crippen LogP contribution in [-0.4, -0.2) is 49.1 Å². The number of anilines is 1. The Hall–Kier alpha value is -3.01. The van der Waals surface area contributed by atoms with Crippen LogP contribution in [0.3, 0.4) is 0 Å². The summed E-state index contributed by atoms with van der Waals surface area (Å²) in [5, 5.41) is 10.0. The summed E-state index contributed by atoms with van der Waals surface area (Å²) in [5.41, 5.74) is 0.446. The molecular weight excluding hydrogens is 498 g/mol. The Bertz CT molecular complexity index is 1280. The highest BCUT2D eigenvalue weighted by atomic mass is 32.2. The van der Waals surface area contributed by atoms with Crippen LogP contribution in [0, 0.1) is 11.8 Å². The molecule has 1 amide bonds. The molecule has 3 aliphatic rings. The Morgan fingerprint density at radius 3 is 2.82 bits per heavy atom. The number of nitrogens with one attached hydrogen (secondary N) is 1. The molecule has 5 heterocycles. The molecule has 10 heteroatoms. The van der Waals surface area contributed by atoms with Crippen molar-refractivity contribution < 1.29 is 9.53 Å². The van der Waals surface area contributed by atoms with Gasteiger partial charge in [-0.15, -0.1) is 5.10 Å². The normalized spacial score (nSPS) is 21.7. The van der Waals surface area contributed by atoms with Crippen molar-refractivity contribution in [2.24, 2.45) is 11.8 Å². The largest absolute Gasteiger partial charge is 0.477 e. The number of ether oxygens (including phenoxy) is 1. The molecule has 0 unspecified atom stereocenters. The minimum atomic E-state index is -0.175. The standard InChI is InChI=1S/C28H37N7O2S/c1-28(2)18-21-8-5-14-33-15-12-25(31-33)38-32-27(36)22-9-10-23(29-26(22)34(28)19-21)35-16-11-24(30-35)37-17-13-20-6-3-4-7-20/h9-12,15-16,20-21H,3-8,13-14,17-19H2,1-2H3,(H,32,36)/t21-/m0/s1. The summed E-state index contributed by atoms with van der Waals surface area (Å²) in [6, 6.07) is 7.55. The average molecular weight is 536 g/mol. The first kappa shape index (κ1) is 25.3. The topological polar surface area (TPSA) is 90.1 Å². The Balaban J connectivity index is 1.26. The lowest BCUT2D eigenvalue weighted by molar-refractivity contribution is 0.0984. The van der Waals surface area contributed by atoms with E-state index in [0.717, 1.165) is 49.7 Å². The highest BCUT2D eigenvalue weighted by Gasteiger charge is 2.40. The van der Waals surface area contributed by atoms with Crippen LogP contribution in [0.5, 0.6) is 5.88 Å². The Labute approximate surface area is 228 Å². The number of nitrogens with zero attached hydrogens (tertiary/aromatic N) is 6. The zero-order valence-electron chi connectivity index (χ0n) is 22.3. The average Bonchev–Trinajstić information content (AvgIpc) is 3.70. The molecule has 2 fully saturated rings. The van der Waals surface area contributed by atoms with Crippen molar-refractivity contribution in [3.05, 3.63) is 42.2 Å². The predicted molar refractivity (Wildman–Crippen MR) is 148 cm³/mol. The quantitative estimate of drug-likeness (QED) is 0.446. The van der Waals surface area contributed by atoms with Crippen LogP contribution < -0.4 is 14.4 Å². The molecule has 202 valence electrons. The number of pyridine rings is 1. The molecule has 2 aliphatic heterocycles. The third-order valence-corrected chi connectivity index (χ3v) is 8.95. The van der Waals surface area contributed by atoms with E-state index in [9.17, 15) is 4.79 Å². The lowest BCUT2D eigenvalue weighted by Gasteiger charge is -2.34. The first-order valence-corrected chi connectivity index (χ1v) is 14.7. The van der Waals surface area contributed by atoms with Crippen molar-refractivity contribution in [2.75, 3.05) is 18.1 Å². The molecule has 1 atom stereocenters. The molecule has 1 saturated heterocycles. The van der Waals surface area contributed by atoms with Crippen LogP contribution in [0.4, 0.5) is 5.82 Å². The van der Waals surface area contributed by atoms with Gasteiger partial charge in [0.2, 0.25) is 5.88 Å². The fourth-order valence-electron chi connectivity index (χ4n) is 6.26. The molecule has 1 aliphatic carbocycles. The van der Waals surface area contributed by atoms with Gasteiger partial charge in [-0.3, -0.25) is 14.2 Å². The van der Waals surface area contributed by atoms with Gasteiger partial charge in [0, 0.05) is 49.0 Å². The Morgan fingerprint density at radius 2 is 1.95 bits per heavy atom. The van der Waals surface area contributed by atoms with Gasteiger partial charge >= 0.3 is 0 Å². The van der Waals surface area contributed by atoms with Gasteiger partial charge in [-0.25, -0.2) is 9.67 Å². The maximum atomic E-state index is 13.4. The number of rotatable bonds is 5. The SMILES string of the molecule is CC1(C)C[C@@H]2CCCn3ccc(n3)SNC(=O)c3ccc(-n4ccc(OCCC5CCCC5)n4)nc3N1C2. The maximum absolute atomic E-state index is 13.4. The fraction of sp³-hybridized carbons (Fsp3) is 0.571. The van der Waals surface area contributed by atoms with E-state index in [1.807, 2.05) is 41.3 Å². The minimum Gasteiger partial charge on any atom is -0.477 e. The molecule has 38 heavy (non-hydrogen) atoms. The monoisotopic (exact) mass is 535 g/mol. The van der Waals surface area contributed by atoms with Crippen LogP contribution in [0.25, 0.3) is 5.82 Å². The van der Waals surface area contributed by atoms with Crippen molar-refractivity contribution >= 4 is 23.7 Å². The Morgan fingerprint density at radius 1 is 1.08 bits per heavy atom. The number of amides is 1. The summed E-state index contributed by atoms with van der Waals surface area (Å²) < 4.78 is 12.7. The number of hydrogen-bond donors (Lipinski definition) is 1. The van der Waals surface area contributed by atoms with E-state index >= 15 is 0 Å². The van der Waals surface area contributed by atoms with Crippen LogP contribution in [0.1, 0.15) is 75.6 Å². The first-order valence-electron chi connectivity index (χ1n) is 13.9. The smallest absolute Gasteiger partial charge is 0.265 e. The molecule has 9 nitrogen and oxygen atoms in total. The molecule has 6 rings (SSSR count). The third kappa shape index (κ3) is 5.41. The van der Waals surface area contributed by atoms with Gasteiger partial charge in [0.1, 0.15) is 10.8 Å². The second-order valence-electron chi connectivity index (χ2n) is 11.5. The van der Waals surface area contributed by atoms with Gasteiger partial charge in [0.25, 0.3) is 5.91 Å². The predicted octanol–water partition coefficient (Wildman–Crippen LogP) is 5.26. The highest BCUT2D eigenvalue weighted by Crippen LogP contribution is 2.40. The van der Waals surface area contributed by atoms with Crippen molar-refractivity contribution in [1.29, 1.82) is 0 Å². The number of aryl methyl sites for hydroxylation is 1. The van der Waals surface area contributed by atoms with Crippen molar-refractivity contribution in [3.63, 3.8) is 0 Å². The van der Waals surface area contributed by atoms with Gasteiger partial charge in [0.15, 0.2) is 5.82 Å². The lowest BCUT2D eigenvalue weighted by atomic mass is 9.93. The number of carbonyl (C=O) groups is 1. The van der Waals surface area contributed by atoms with E-state index in [2.05, 4.69) is 33.7 Å². The molecule has 3 aromatic rings. The minimum absolute atomic E-state index is 0.115. The maximum Gasteiger partial charge on any atom is 0.265 e. The summed E-state index contributed by atoms with van der Waals surface area (Å²) in [4.78, 5) is 20.7. The van der Waals surface area contributed by atoms with Crippen LogP contribution in [0.15, 0.2) is 41.7 Å². The fourth-order valence-corrected chi connectivity index (χ4v) is 6.84. The summed E-state index contributed by atoms with van der Waals surface area (Å²) in [6.07, 6.45) is 13.5. The summed E-state index contributed by atoms with van der Waals surface area (Å²) >= 11 is 1.24. The molecular formula is C28H37N7O2S. The highest BCUT2D eigenvalue weighted by molar-refractivity contribution is 7.97. The summed E-state index contributed by atoms with van der Waals surface area (Å²) in [5.74, 6) is 3.13. The van der Waals surface area contributed by atoms with Crippen molar-refractivity contribution in [1.82, 2.24) is 29.3 Å². The zero-order chi connectivity index (χ0) is 26.1.